The number of nitrogens with two attached hydrogens (primary N) is 1. The standard InChI is InChI=1S/C14H21FN2O2S.ClH/c1-10-5-4-8-13(14(10)15)20(18,19)17-12-7-3-2-6-11(12)9-16;/h4-5,8,11-12,17H,2-3,6-7,9,16H2,1H3;1H. The average molecular weight is 337 g/mol. The van der Waals surface area contributed by atoms with Gasteiger partial charge >= 0.3 is 0 Å². The lowest BCUT2D eigenvalue weighted by Crippen LogP contribution is -2.44. The monoisotopic (exact) mass is 336 g/mol. The highest BCUT2D eigenvalue weighted by Gasteiger charge is 2.30. The lowest BCUT2D eigenvalue weighted by atomic mass is 9.85. The molecule has 4 nitrogen and oxygen atoms in total. The molecule has 1 aromatic rings. The topological polar surface area (TPSA) is 72.2 Å². The van der Waals surface area contributed by atoms with Crippen molar-refractivity contribution in [3.05, 3.63) is 29.6 Å². The number of sulfonamides is 1. The highest BCUT2D eigenvalue weighted by atomic mass is 35.5. The van der Waals surface area contributed by atoms with E-state index in [0.717, 1.165) is 25.7 Å². The quantitative estimate of drug-likeness (QED) is 0.886. The Hall–Kier alpha value is -0.690. The molecule has 0 aliphatic heterocycles. The number of benzene rings is 1. The Balaban J connectivity index is 0.00000220. The second kappa shape index (κ2) is 7.54. The summed E-state index contributed by atoms with van der Waals surface area (Å²) in [6.07, 6.45) is 3.72. The second-order valence-corrected chi connectivity index (χ2v) is 7.08. The van der Waals surface area contributed by atoms with E-state index in [0.29, 0.717) is 12.1 Å². The molecule has 1 aliphatic rings. The summed E-state index contributed by atoms with van der Waals surface area (Å²) in [5.41, 5.74) is 6.02. The number of halogens is 2. The molecule has 2 unspecified atom stereocenters. The van der Waals surface area contributed by atoms with E-state index in [4.69, 9.17) is 5.73 Å². The Kier molecular flexibility index (Phi) is 6.59. The van der Waals surface area contributed by atoms with Gasteiger partial charge in [0, 0.05) is 6.04 Å². The Morgan fingerprint density at radius 3 is 2.67 bits per heavy atom. The van der Waals surface area contributed by atoms with Crippen LogP contribution in [0, 0.1) is 18.7 Å². The van der Waals surface area contributed by atoms with Crippen molar-refractivity contribution in [1.29, 1.82) is 0 Å². The van der Waals surface area contributed by atoms with E-state index in [1.807, 2.05) is 0 Å². The van der Waals surface area contributed by atoms with Crippen LogP contribution in [0.5, 0.6) is 0 Å². The minimum Gasteiger partial charge on any atom is -0.330 e. The van der Waals surface area contributed by atoms with Crippen LogP contribution in [0.3, 0.4) is 0 Å². The van der Waals surface area contributed by atoms with Gasteiger partial charge in [0.15, 0.2) is 0 Å². The van der Waals surface area contributed by atoms with Gasteiger partial charge in [-0.3, -0.25) is 0 Å². The van der Waals surface area contributed by atoms with Crippen molar-refractivity contribution in [2.45, 2.75) is 43.5 Å². The van der Waals surface area contributed by atoms with Crippen molar-refractivity contribution in [2.75, 3.05) is 6.54 Å². The number of rotatable bonds is 4. The lowest BCUT2D eigenvalue weighted by molar-refractivity contribution is 0.296. The van der Waals surface area contributed by atoms with Gasteiger partial charge in [-0.05, 0) is 43.9 Å². The Bertz CT molecular complexity index is 580. The molecule has 0 amide bonds. The van der Waals surface area contributed by atoms with E-state index in [1.54, 1.807) is 19.1 Å². The van der Waals surface area contributed by atoms with Crippen LogP contribution in [0.4, 0.5) is 4.39 Å². The first-order valence-corrected chi connectivity index (χ1v) is 8.41. The van der Waals surface area contributed by atoms with Crippen LogP contribution >= 0.6 is 12.4 Å². The van der Waals surface area contributed by atoms with Crippen molar-refractivity contribution in [2.24, 2.45) is 11.7 Å². The minimum absolute atomic E-state index is 0. The number of nitrogens with one attached hydrogen (secondary N) is 1. The maximum atomic E-state index is 14.0. The zero-order valence-electron chi connectivity index (χ0n) is 12.0. The van der Waals surface area contributed by atoms with Crippen LogP contribution < -0.4 is 10.5 Å². The summed E-state index contributed by atoms with van der Waals surface area (Å²) >= 11 is 0. The third kappa shape index (κ3) is 4.16. The fourth-order valence-electron chi connectivity index (χ4n) is 2.74. The van der Waals surface area contributed by atoms with Crippen molar-refractivity contribution >= 4 is 22.4 Å². The molecule has 0 saturated heterocycles. The summed E-state index contributed by atoms with van der Waals surface area (Å²) in [5.74, 6) is -0.550. The van der Waals surface area contributed by atoms with Crippen molar-refractivity contribution in [3.63, 3.8) is 0 Å². The molecule has 1 saturated carbocycles. The number of hydrogen-bond donors (Lipinski definition) is 2. The summed E-state index contributed by atoms with van der Waals surface area (Å²) in [6.45, 7) is 2.00. The molecular formula is C14H22ClFN2O2S. The molecule has 7 heteroatoms. The fraction of sp³-hybridized carbons (Fsp3) is 0.571. The Labute approximate surface area is 131 Å². The molecule has 120 valence electrons. The minimum atomic E-state index is -3.84. The van der Waals surface area contributed by atoms with E-state index in [9.17, 15) is 12.8 Å². The lowest BCUT2D eigenvalue weighted by Gasteiger charge is -2.31. The normalized spacial score (nSPS) is 22.6. The Morgan fingerprint density at radius 1 is 1.33 bits per heavy atom. The fourth-order valence-corrected chi connectivity index (χ4v) is 4.23. The van der Waals surface area contributed by atoms with Gasteiger partial charge in [-0.2, -0.15) is 0 Å². The van der Waals surface area contributed by atoms with Crippen LogP contribution in [0.25, 0.3) is 0 Å². The Morgan fingerprint density at radius 2 is 2.00 bits per heavy atom. The van der Waals surface area contributed by atoms with E-state index in [2.05, 4.69) is 4.72 Å². The predicted octanol–water partition coefficient (Wildman–Crippen LogP) is 2.35. The molecule has 2 atom stereocenters. The summed E-state index contributed by atoms with van der Waals surface area (Å²) in [6, 6.07) is 4.20. The summed E-state index contributed by atoms with van der Waals surface area (Å²) in [7, 11) is -3.84. The van der Waals surface area contributed by atoms with Crippen LogP contribution in [-0.4, -0.2) is 21.0 Å². The molecule has 0 heterocycles. The summed E-state index contributed by atoms with van der Waals surface area (Å²) < 4.78 is 41.3. The molecule has 0 spiro atoms. The highest BCUT2D eigenvalue weighted by molar-refractivity contribution is 7.89. The predicted molar refractivity (Wildman–Crippen MR) is 83.5 cm³/mol. The van der Waals surface area contributed by atoms with Crippen LogP contribution in [0.2, 0.25) is 0 Å². The van der Waals surface area contributed by atoms with Crippen molar-refractivity contribution in [3.8, 4) is 0 Å². The van der Waals surface area contributed by atoms with Gasteiger partial charge in [0.05, 0.1) is 0 Å². The molecule has 21 heavy (non-hydrogen) atoms. The van der Waals surface area contributed by atoms with Crippen LogP contribution in [-0.2, 0) is 10.0 Å². The third-order valence-corrected chi connectivity index (χ3v) is 5.47. The molecule has 1 aromatic carbocycles. The van der Waals surface area contributed by atoms with E-state index < -0.39 is 15.8 Å². The maximum absolute atomic E-state index is 14.0. The number of hydrogen-bond acceptors (Lipinski definition) is 3. The second-order valence-electron chi connectivity index (χ2n) is 5.40. The molecule has 0 aromatic heterocycles. The van der Waals surface area contributed by atoms with Crippen LogP contribution in [0.15, 0.2) is 23.1 Å². The zero-order valence-corrected chi connectivity index (χ0v) is 13.6. The van der Waals surface area contributed by atoms with Gasteiger partial charge in [0.25, 0.3) is 0 Å². The first kappa shape index (κ1) is 18.4. The largest absolute Gasteiger partial charge is 0.330 e. The van der Waals surface area contributed by atoms with Gasteiger partial charge < -0.3 is 5.73 Å². The van der Waals surface area contributed by atoms with Crippen LogP contribution in [0.1, 0.15) is 31.2 Å². The third-order valence-electron chi connectivity index (χ3n) is 3.96. The van der Waals surface area contributed by atoms with E-state index >= 15 is 0 Å². The van der Waals surface area contributed by atoms with Crippen molar-refractivity contribution in [1.82, 2.24) is 4.72 Å². The van der Waals surface area contributed by atoms with E-state index in [1.165, 1.54) is 6.07 Å². The van der Waals surface area contributed by atoms with Gasteiger partial charge in [0.1, 0.15) is 10.7 Å². The van der Waals surface area contributed by atoms with Gasteiger partial charge in [0.2, 0.25) is 10.0 Å². The summed E-state index contributed by atoms with van der Waals surface area (Å²) in [4.78, 5) is -0.279. The molecule has 3 N–H and O–H groups in total. The molecule has 1 fully saturated rings. The summed E-state index contributed by atoms with van der Waals surface area (Å²) in [5, 5.41) is 0. The van der Waals surface area contributed by atoms with E-state index in [-0.39, 0.29) is 29.3 Å². The van der Waals surface area contributed by atoms with Gasteiger partial charge in [-0.1, -0.05) is 25.0 Å². The molecular weight excluding hydrogens is 315 g/mol. The molecule has 1 aliphatic carbocycles. The molecule has 0 radical (unpaired) electrons. The van der Waals surface area contributed by atoms with Gasteiger partial charge in [-0.25, -0.2) is 17.5 Å². The maximum Gasteiger partial charge on any atom is 0.243 e. The first-order valence-electron chi connectivity index (χ1n) is 6.93. The molecule has 2 rings (SSSR count). The zero-order chi connectivity index (χ0) is 14.8. The average Bonchev–Trinajstić information content (AvgIpc) is 2.42. The smallest absolute Gasteiger partial charge is 0.243 e. The molecule has 0 bridgehead atoms. The highest BCUT2D eigenvalue weighted by Crippen LogP contribution is 2.26. The number of aryl methyl sites for hydroxylation is 1. The van der Waals surface area contributed by atoms with Crippen molar-refractivity contribution < 1.29 is 12.8 Å². The van der Waals surface area contributed by atoms with Gasteiger partial charge in [-0.15, -0.1) is 12.4 Å². The first-order chi connectivity index (χ1) is 9.45. The SMILES string of the molecule is Cc1cccc(S(=O)(=O)NC2CCCCC2CN)c1F.Cl.